The number of pyridine rings is 2. The van der Waals surface area contributed by atoms with Gasteiger partial charge in [0.2, 0.25) is 0 Å². The summed E-state index contributed by atoms with van der Waals surface area (Å²) in [6, 6.07) is 15.5. The van der Waals surface area contributed by atoms with Gasteiger partial charge in [-0.05, 0) is 48.5 Å². The molecule has 2 aromatic carbocycles. The van der Waals surface area contributed by atoms with Gasteiger partial charge in [-0.15, -0.1) is 0 Å². The largest absolute Gasteiger partial charge is 0.383 e. The summed E-state index contributed by atoms with van der Waals surface area (Å²) in [5, 5.41) is 6.99. The van der Waals surface area contributed by atoms with Crippen LogP contribution in [-0.2, 0) is 0 Å². The highest BCUT2D eigenvalue weighted by Gasteiger charge is 2.11. The molecule has 148 valence electrons. The van der Waals surface area contributed by atoms with Crippen LogP contribution in [0, 0.1) is 0 Å². The number of benzene rings is 2. The van der Waals surface area contributed by atoms with E-state index < -0.39 is 0 Å². The minimum atomic E-state index is 0.564. The number of nitrogens with two attached hydrogens (primary N) is 1. The lowest BCUT2D eigenvalue weighted by molar-refractivity contribution is 0.798. The number of hydrogen-bond acceptors (Lipinski definition) is 5. The Hall–Kier alpha value is -2.60. The zero-order valence-electron chi connectivity index (χ0n) is 15.8. The molecule has 4 aromatic rings. The zero-order valence-corrected chi connectivity index (χ0v) is 17.3. The quantitative estimate of drug-likeness (QED) is 0.437. The van der Waals surface area contributed by atoms with E-state index in [-0.39, 0.29) is 0 Å². The van der Waals surface area contributed by atoms with Gasteiger partial charge in [0.25, 0.3) is 0 Å². The Labute approximate surface area is 179 Å². The second-order valence-electron chi connectivity index (χ2n) is 6.71. The number of nitrogens with one attached hydrogen (secondary N) is 1. The molecule has 0 spiro atoms. The van der Waals surface area contributed by atoms with Gasteiger partial charge in [0.15, 0.2) is 0 Å². The van der Waals surface area contributed by atoms with Crippen LogP contribution >= 0.6 is 23.2 Å². The zero-order chi connectivity index (χ0) is 20.2. The number of halogens is 2. The van der Waals surface area contributed by atoms with Crippen molar-refractivity contribution >= 4 is 56.4 Å². The topological polar surface area (TPSA) is 67.1 Å². The van der Waals surface area contributed by atoms with Crippen molar-refractivity contribution in [1.82, 2.24) is 9.97 Å². The molecule has 0 radical (unpaired) electrons. The van der Waals surface area contributed by atoms with Gasteiger partial charge in [-0.3, -0.25) is 9.97 Å². The molecule has 2 heterocycles. The highest BCUT2D eigenvalue weighted by atomic mass is 35.5. The van der Waals surface area contributed by atoms with E-state index >= 15 is 0 Å². The average Bonchev–Trinajstić information content (AvgIpc) is 2.72. The Balaban J connectivity index is 1.55. The lowest BCUT2D eigenvalue weighted by Crippen LogP contribution is -2.33. The predicted octanol–water partition coefficient (Wildman–Crippen LogP) is 4.97. The first kappa shape index (κ1) is 19.7. The third-order valence-electron chi connectivity index (χ3n) is 4.82. The fraction of sp³-hybridized carbons (Fsp3) is 0.182. The molecule has 0 aliphatic rings. The maximum Gasteiger partial charge on any atom is 0.0737 e. The van der Waals surface area contributed by atoms with Crippen LogP contribution < -0.4 is 16.0 Å². The Morgan fingerprint density at radius 2 is 1.48 bits per heavy atom. The fourth-order valence-corrected chi connectivity index (χ4v) is 3.82. The van der Waals surface area contributed by atoms with E-state index in [1.54, 1.807) is 6.20 Å². The molecule has 7 heteroatoms. The van der Waals surface area contributed by atoms with Crippen molar-refractivity contribution in [1.29, 1.82) is 0 Å². The summed E-state index contributed by atoms with van der Waals surface area (Å²) in [6.45, 7) is 2.85. The minimum Gasteiger partial charge on any atom is -0.383 e. The van der Waals surface area contributed by atoms with Crippen molar-refractivity contribution in [2.75, 3.05) is 36.4 Å². The van der Waals surface area contributed by atoms with E-state index in [2.05, 4.69) is 20.2 Å². The van der Waals surface area contributed by atoms with Gasteiger partial charge in [0, 0.05) is 70.8 Å². The molecular weight excluding hydrogens is 405 g/mol. The molecule has 0 aliphatic heterocycles. The van der Waals surface area contributed by atoms with E-state index in [0.717, 1.165) is 52.8 Å². The summed E-state index contributed by atoms with van der Waals surface area (Å²) in [5.41, 5.74) is 9.77. The number of hydrogen-bond donors (Lipinski definition) is 2. The van der Waals surface area contributed by atoms with Crippen molar-refractivity contribution < 1.29 is 0 Å². The maximum absolute atomic E-state index is 6.12. The molecule has 2 aromatic heterocycles. The molecule has 0 fully saturated rings. The van der Waals surface area contributed by atoms with Crippen LogP contribution in [0.25, 0.3) is 21.8 Å². The Morgan fingerprint density at radius 3 is 2.21 bits per heavy atom. The number of fused-ring (bicyclic) bond motifs is 2. The molecule has 5 nitrogen and oxygen atoms in total. The van der Waals surface area contributed by atoms with E-state index in [1.807, 2.05) is 54.7 Å². The number of nitrogens with zero attached hydrogens (tertiary/aromatic N) is 3. The SMILES string of the molecule is NCCN(CCNc1ccnc2cc(Cl)ccc12)c1ccnc2cc(Cl)ccc12. The van der Waals surface area contributed by atoms with Crippen molar-refractivity contribution in [3.05, 3.63) is 71.0 Å². The third-order valence-corrected chi connectivity index (χ3v) is 5.29. The van der Waals surface area contributed by atoms with Crippen LogP contribution in [0.5, 0.6) is 0 Å². The van der Waals surface area contributed by atoms with Gasteiger partial charge >= 0.3 is 0 Å². The Kier molecular flexibility index (Phi) is 6.00. The summed E-state index contributed by atoms with van der Waals surface area (Å²) in [4.78, 5) is 11.1. The third kappa shape index (κ3) is 4.37. The second-order valence-corrected chi connectivity index (χ2v) is 7.59. The lowest BCUT2D eigenvalue weighted by atomic mass is 10.1. The number of anilines is 2. The Bertz CT molecular complexity index is 1150. The van der Waals surface area contributed by atoms with Gasteiger partial charge in [-0.2, -0.15) is 0 Å². The first-order valence-corrected chi connectivity index (χ1v) is 10.2. The summed E-state index contributed by atoms with van der Waals surface area (Å²) < 4.78 is 0. The highest BCUT2D eigenvalue weighted by molar-refractivity contribution is 6.31. The second kappa shape index (κ2) is 8.82. The standard InChI is InChI=1S/C22H21Cl2N5/c23-15-1-3-17-19(5-8-26-20(17)13-15)28-10-12-29(11-7-25)22-6-9-27-21-14-16(24)2-4-18(21)22/h1-6,8-9,13-14H,7,10-12,25H2,(H,26,28). The normalized spacial score (nSPS) is 11.1. The van der Waals surface area contributed by atoms with Crippen LogP contribution in [0.15, 0.2) is 60.9 Å². The molecule has 0 saturated heterocycles. The summed E-state index contributed by atoms with van der Waals surface area (Å²) in [7, 11) is 0. The van der Waals surface area contributed by atoms with Gasteiger partial charge in [-0.25, -0.2) is 0 Å². The smallest absolute Gasteiger partial charge is 0.0737 e. The Morgan fingerprint density at radius 1 is 0.828 bits per heavy atom. The highest BCUT2D eigenvalue weighted by Crippen LogP contribution is 2.28. The molecule has 0 unspecified atom stereocenters. The van der Waals surface area contributed by atoms with Crippen LogP contribution in [-0.4, -0.2) is 36.1 Å². The first-order chi connectivity index (χ1) is 14.2. The fourth-order valence-electron chi connectivity index (χ4n) is 3.49. The molecule has 0 bridgehead atoms. The van der Waals surface area contributed by atoms with Crippen LogP contribution in [0.2, 0.25) is 10.0 Å². The molecule has 29 heavy (non-hydrogen) atoms. The predicted molar refractivity (Wildman–Crippen MR) is 123 cm³/mol. The molecule has 0 saturated carbocycles. The van der Waals surface area contributed by atoms with Gasteiger partial charge < -0.3 is 16.0 Å². The maximum atomic E-state index is 6.12. The molecule has 3 N–H and O–H groups in total. The van der Waals surface area contributed by atoms with Crippen LogP contribution in [0.3, 0.4) is 0 Å². The summed E-state index contributed by atoms with van der Waals surface area (Å²) in [5.74, 6) is 0. The van der Waals surface area contributed by atoms with Crippen LogP contribution in [0.1, 0.15) is 0 Å². The van der Waals surface area contributed by atoms with Crippen molar-refractivity contribution in [3.8, 4) is 0 Å². The summed E-state index contributed by atoms with van der Waals surface area (Å²) >= 11 is 12.2. The molecule has 0 atom stereocenters. The van der Waals surface area contributed by atoms with E-state index in [9.17, 15) is 0 Å². The lowest BCUT2D eigenvalue weighted by Gasteiger charge is -2.26. The van der Waals surface area contributed by atoms with Crippen molar-refractivity contribution in [2.45, 2.75) is 0 Å². The molecular formula is C22H21Cl2N5. The number of aromatic nitrogens is 2. The van der Waals surface area contributed by atoms with Gasteiger partial charge in [-0.1, -0.05) is 23.2 Å². The first-order valence-electron chi connectivity index (χ1n) is 9.43. The average molecular weight is 426 g/mol. The number of rotatable bonds is 7. The van der Waals surface area contributed by atoms with E-state index in [1.165, 1.54) is 0 Å². The van der Waals surface area contributed by atoms with Gasteiger partial charge in [0.05, 0.1) is 11.0 Å². The molecule has 0 amide bonds. The van der Waals surface area contributed by atoms with Crippen LogP contribution in [0.4, 0.5) is 11.4 Å². The van der Waals surface area contributed by atoms with E-state index in [4.69, 9.17) is 28.9 Å². The van der Waals surface area contributed by atoms with Crippen molar-refractivity contribution in [2.24, 2.45) is 5.73 Å². The van der Waals surface area contributed by atoms with Crippen molar-refractivity contribution in [3.63, 3.8) is 0 Å². The van der Waals surface area contributed by atoms with Gasteiger partial charge in [0.1, 0.15) is 0 Å². The molecule has 4 rings (SSSR count). The monoisotopic (exact) mass is 425 g/mol. The summed E-state index contributed by atoms with van der Waals surface area (Å²) in [6.07, 6.45) is 3.60. The molecule has 0 aliphatic carbocycles. The van der Waals surface area contributed by atoms with E-state index in [0.29, 0.717) is 16.6 Å². The minimum absolute atomic E-state index is 0.564.